The first-order valence-electron chi connectivity index (χ1n) is 8.29. The van der Waals surface area contributed by atoms with Gasteiger partial charge in [0.05, 0.1) is 0 Å². The Labute approximate surface area is 118 Å². The number of hydrogen-bond acceptors (Lipinski definition) is 2. The first kappa shape index (κ1) is 14.8. The second kappa shape index (κ2) is 7.28. The third-order valence-corrected chi connectivity index (χ3v) is 4.75. The Morgan fingerprint density at radius 1 is 1.00 bits per heavy atom. The van der Waals surface area contributed by atoms with E-state index < -0.39 is 0 Å². The van der Waals surface area contributed by atoms with Crippen molar-refractivity contribution in [3.05, 3.63) is 0 Å². The van der Waals surface area contributed by atoms with Crippen molar-refractivity contribution < 1.29 is 4.79 Å². The Balaban J connectivity index is 1.80. The van der Waals surface area contributed by atoms with Crippen LogP contribution in [0.5, 0.6) is 0 Å². The minimum atomic E-state index is 0.403. The summed E-state index contributed by atoms with van der Waals surface area (Å²) in [6.45, 7) is 7.67. The van der Waals surface area contributed by atoms with E-state index in [4.69, 9.17) is 0 Å². The van der Waals surface area contributed by atoms with Gasteiger partial charge in [0.2, 0.25) is 5.91 Å². The molecule has 2 saturated heterocycles. The minimum absolute atomic E-state index is 0.403. The molecule has 3 heteroatoms. The van der Waals surface area contributed by atoms with Crippen molar-refractivity contribution in [2.24, 2.45) is 0 Å². The fourth-order valence-electron chi connectivity index (χ4n) is 3.58. The Hall–Kier alpha value is -0.570. The predicted octanol–water partition coefficient (Wildman–Crippen LogP) is 3.04. The number of carbonyl (C=O) groups excluding carboxylic acids is 1. The Bertz CT molecular complexity index is 278. The number of rotatable bonds is 7. The van der Waals surface area contributed by atoms with E-state index in [0.717, 1.165) is 25.9 Å². The van der Waals surface area contributed by atoms with E-state index in [0.29, 0.717) is 18.0 Å². The molecular formula is C16H30N2O. The van der Waals surface area contributed by atoms with E-state index in [1.165, 1.54) is 45.1 Å². The van der Waals surface area contributed by atoms with Gasteiger partial charge in [-0.05, 0) is 32.2 Å². The lowest BCUT2D eigenvalue weighted by Gasteiger charge is -2.41. The zero-order chi connectivity index (χ0) is 13.7. The van der Waals surface area contributed by atoms with Gasteiger partial charge in [0.25, 0.3) is 0 Å². The van der Waals surface area contributed by atoms with Crippen LogP contribution in [0.2, 0.25) is 0 Å². The summed E-state index contributed by atoms with van der Waals surface area (Å²) in [7, 11) is 0. The summed E-state index contributed by atoms with van der Waals surface area (Å²) in [5.41, 5.74) is 0. The molecular weight excluding hydrogens is 236 g/mol. The summed E-state index contributed by atoms with van der Waals surface area (Å²) < 4.78 is 0. The first-order valence-corrected chi connectivity index (χ1v) is 8.29. The molecule has 2 rings (SSSR count). The van der Waals surface area contributed by atoms with Crippen molar-refractivity contribution >= 4 is 5.91 Å². The number of unbranched alkanes of at least 4 members (excludes halogenated alkanes) is 3. The van der Waals surface area contributed by atoms with Crippen LogP contribution < -0.4 is 0 Å². The van der Waals surface area contributed by atoms with Crippen LogP contribution in [-0.2, 0) is 4.79 Å². The quantitative estimate of drug-likeness (QED) is 0.661. The molecule has 2 fully saturated rings. The monoisotopic (exact) mass is 266 g/mol. The molecule has 19 heavy (non-hydrogen) atoms. The highest BCUT2D eigenvalue weighted by Gasteiger charge is 2.40. The minimum Gasteiger partial charge on any atom is -0.340 e. The SMILES string of the molecule is CCCCCC(=O)N1CC2CCC(C1)N2CCCC. The van der Waals surface area contributed by atoms with Crippen LogP contribution in [0.25, 0.3) is 0 Å². The number of piperazine rings is 1. The molecule has 2 heterocycles. The van der Waals surface area contributed by atoms with E-state index in [-0.39, 0.29) is 0 Å². The molecule has 110 valence electrons. The van der Waals surface area contributed by atoms with Crippen molar-refractivity contribution in [3.8, 4) is 0 Å². The number of nitrogens with zero attached hydrogens (tertiary/aromatic N) is 2. The highest BCUT2D eigenvalue weighted by molar-refractivity contribution is 5.76. The van der Waals surface area contributed by atoms with Gasteiger partial charge in [0.1, 0.15) is 0 Å². The average molecular weight is 266 g/mol. The second-order valence-corrected chi connectivity index (χ2v) is 6.23. The number of amides is 1. The second-order valence-electron chi connectivity index (χ2n) is 6.23. The van der Waals surface area contributed by atoms with Gasteiger partial charge in [-0.25, -0.2) is 0 Å². The largest absolute Gasteiger partial charge is 0.340 e. The van der Waals surface area contributed by atoms with E-state index in [1.807, 2.05) is 0 Å². The van der Waals surface area contributed by atoms with Gasteiger partial charge in [-0.2, -0.15) is 0 Å². The molecule has 0 N–H and O–H groups in total. The molecule has 0 aromatic carbocycles. The number of carbonyl (C=O) groups is 1. The molecule has 0 spiro atoms. The van der Waals surface area contributed by atoms with E-state index in [2.05, 4.69) is 23.6 Å². The van der Waals surface area contributed by atoms with Crippen LogP contribution in [0, 0.1) is 0 Å². The zero-order valence-electron chi connectivity index (χ0n) is 12.7. The summed E-state index contributed by atoms with van der Waals surface area (Å²) in [5.74, 6) is 0.403. The van der Waals surface area contributed by atoms with Gasteiger partial charge in [0, 0.05) is 31.6 Å². The Kier molecular flexibility index (Phi) is 5.68. The fraction of sp³-hybridized carbons (Fsp3) is 0.938. The van der Waals surface area contributed by atoms with Crippen LogP contribution >= 0.6 is 0 Å². The van der Waals surface area contributed by atoms with E-state index in [1.54, 1.807) is 0 Å². The third kappa shape index (κ3) is 3.71. The van der Waals surface area contributed by atoms with Crippen LogP contribution in [0.1, 0.15) is 65.2 Å². The van der Waals surface area contributed by atoms with Gasteiger partial charge in [-0.3, -0.25) is 9.69 Å². The molecule has 2 aliphatic rings. The number of hydrogen-bond donors (Lipinski definition) is 0. The van der Waals surface area contributed by atoms with Crippen LogP contribution in [0.3, 0.4) is 0 Å². The van der Waals surface area contributed by atoms with Gasteiger partial charge in [-0.1, -0.05) is 33.1 Å². The molecule has 0 aliphatic carbocycles. The van der Waals surface area contributed by atoms with Crippen LogP contribution in [-0.4, -0.2) is 47.4 Å². The summed E-state index contributed by atoms with van der Waals surface area (Å²) in [5, 5.41) is 0. The first-order chi connectivity index (χ1) is 9.26. The predicted molar refractivity (Wildman–Crippen MR) is 79.1 cm³/mol. The lowest BCUT2D eigenvalue weighted by atomic mass is 10.1. The standard InChI is InChI=1S/C16H30N2O/c1-3-5-7-8-16(19)17-12-14-9-10-15(13-17)18(14)11-6-4-2/h14-15H,3-13H2,1-2H3. The Morgan fingerprint density at radius 2 is 1.63 bits per heavy atom. The van der Waals surface area contributed by atoms with Gasteiger partial charge < -0.3 is 4.90 Å². The number of likely N-dealkylation sites (tertiary alicyclic amines) is 1. The summed E-state index contributed by atoms with van der Waals surface area (Å²) in [6, 6.07) is 1.31. The zero-order valence-corrected chi connectivity index (χ0v) is 12.7. The van der Waals surface area contributed by atoms with Gasteiger partial charge in [0.15, 0.2) is 0 Å². The lowest BCUT2D eigenvalue weighted by molar-refractivity contribution is -0.134. The van der Waals surface area contributed by atoms with Crippen molar-refractivity contribution in [3.63, 3.8) is 0 Å². The van der Waals surface area contributed by atoms with E-state index in [9.17, 15) is 4.79 Å². The summed E-state index contributed by atoms with van der Waals surface area (Å²) >= 11 is 0. The topological polar surface area (TPSA) is 23.6 Å². The number of fused-ring (bicyclic) bond motifs is 2. The third-order valence-electron chi connectivity index (χ3n) is 4.75. The highest BCUT2D eigenvalue weighted by atomic mass is 16.2. The van der Waals surface area contributed by atoms with Crippen molar-refractivity contribution in [2.45, 2.75) is 77.3 Å². The molecule has 1 amide bonds. The molecule has 2 atom stereocenters. The maximum atomic E-state index is 12.2. The van der Waals surface area contributed by atoms with Crippen molar-refractivity contribution in [2.75, 3.05) is 19.6 Å². The smallest absolute Gasteiger partial charge is 0.222 e. The lowest BCUT2D eigenvalue weighted by Crippen LogP contribution is -2.55. The maximum Gasteiger partial charge on any atom is 0.222 e. The van der Waals surface area contributed by atoms with Crippen molar-refractivity contribution in [1.82, 2.24) is 9.80 Å². The highest BCUT2D eigenvalue weighted by Crippen LogP contribution is 2.30. The molecule has 0 radical (unpaired) electrons. The maximum absolute atomic E-state index is 12.2. The van der Waals surface area contributed by atoms with Crippen molar-refractivity contribution in [1.29, 1.82) is 0 Å². The van der Waals surface area contributed by atoms with Crippen LogP contribution in [0.15, 0.2) is 0 Å². The molecule has 0 saturated carbocycles. The average Bonchev–Trinajstić information content (AvgIpc) is 2.65. The van der Waals surface area contributed by atoms with Gasteiger partial charge in [-0.15, -0.1) is 0 Å². The molecule has 2 aliphatic heterocycles. The molecule has 3 nitrogen and oxygen atoms in total. The molecule has 0 aromatic heterocycles. The normalized spacial score (nSPS) is 26.9. The molecule has 2 bridgehead atoms. The molecule has 0 aromatic rings. The van der Waals surface area contributed by atoms with Gasteiger partial charge >= 0.3 is 0 Å². The fourth-order valence-corrected chi connectivity index (χ4v) is 3.58. The Morgan fingerprint density at radius 3 is 2.21 bits per heavy atom. The van der Waals surface area contributed by atoms with Crippen LogP contribution in [0.4, 0.5) is 0 Å². The van der Waals surface area contributed by atoms with E-state index >= 15 is 0 Å². The summed E-state index contributed by atoms with van der Waals surface area (Å²) in [6.07, 6.45) is 9.40. The molecule has 2 unspecified atom stereocenters. The summed E-state index contributed by atoms with van der Waals surface area (Å²) in [4.78, 5) is 17.1.